The number of rotatable bonds is 3. The first kappa shape index (κ1) is 22.1. The van der Waals surface area contributed by atoms with Crippen molar-refractivity contribution < 1.29 is 19.1 Å². The molecule has 0 radical (unpaired) electrons. The minimum absolute atomic E-state index is 0.252. The predicted octanol–water partition coefficient (Wildman–Crippen LogP) is 5.10. The summed E-state index contributed by atoms with van der Waals surface area (Å²) in [4.78, 5) is 43.5. The average Bonchev–Trinajstić information content (AvgIpc) is 3.43. The van der Waals surface area contributed by atoms with Crippen LogP contribution in [0.25, 0.3) is 11.1 Å². The molecule has 3 aliphatic heterocycles. The highest BCUT2D eigenvalue weighted by Crippen LogP contribution is 2.53. The van der Waals surface area contributed by atoms with Crippen LogP contribution in [0, 0.1) is 0 Å². The highest BCUT2D eigenvalue weighted by Gasteiger charge is 2.48. The normalized spacial score (nSPS) is 21.0. The predicted molar refractivity (Wildman–Crippen MR) is 135 cm³/mol. The van der Waals surface area contributed by atoms with Gasteiger partial charge in [-0.2, -0.15) is 0 Å². The lowest BCUT2D eigenvalue weighted by Gasteiger charge is -2.38. The Labute approximate surface area is 204 Å². The van der Waals surface area contributed by atoms with E-state index in [1.165, 1.54) is 16.2 Å². The lowest BCUT2D eigenvalue weighted by molar-refractivity contribution is -0.122. The molecule has 1 fully saturated rings. The topological polar surface area (TPSA) is 66.9 Å². The van der Waals surface area contributed by atoms with Crippen LogP contribution in [0.15, 0.2) is 40.6 Å². The number of hydrogen-bond donors (Lipinski definition) is 0. The molecule has 6 nitrogen and oxygen atoms in total. The number of allylic oxidation sites excluding steroid dienone is 1. The monoisotopic (exact) mass is 496 g/mol. The number of carbonyl (C=O) groups is 3. The first-order chi connectivity index (χ1) is 15.6. The molecule has 0 N–H and O–H groups in total. The van der Waals surface area contributed by atoms with E-state index in [1.54, 1.807) is 29.2 Å². The largest absolute Gasteiger partial charge is 0.422 e. The minimum atomic E-state index is -0.586. The first-order valence-electron chi connectivity index (χ1n) is 10.4. The third-order valence-corrected chi connectivity index (χ3v) is 8.19. The molecule has 2 amide bonds. The summed E-state index contributed by atoms with van der Waals surface area (Å²) in [5.41, 5.74) is 2.82. The van der Waals surface area contributed by atoms with Crippen LogP contribution in [0.5, 0.6) is 5.75 Å². The van der Waals surface area contributed by atoms with Crippen LogP contribution in [-0.2, 0) is 9.59 Å². The highest BCUT2D eigenvalue weighted by molar-refractivity contribution is 8.26. The lowest BCUT2D eigenvalue weighted by atomic mass is 9.89. The second kappa shape index (κ2) is 7.65. The fourth-order valence-electron chi connectivity index (χ4n) is 4.54. The van der Waals surface area contributed by atoms with E-state index in [2.05, 4.69) is 0 Å². The van der Waals surface area contributed by atoms with Crippen molar-refractivity contribution in [1.29, 1.82) is 0 Å². The molecule has 0 bridgehead atoms. The maximum Gasteiger partial charge on any atom is 0.353 e. The van der Waals surface area contributed by atoms with E-state index in [1.807, 2.05) is 39.2 Å². The summed E-state index contributed by atoms with van der Waals surface area (Å²) in [7, 11) is 0. The Morgan fingerprint density at radius 2 is 1.91 bits per heavy atom. The molecule has 5 rings (SSSR count). The summed E-state index contributed by atoms with van der Waals surface area (Å²) in [6.07, 6.45) is 2.02. The van der Waals surface area contributed by atoms with Gasteiger partial charge in [0.25, 0.3) is 11.8 Å². The van der Waals surface area contributed by atoms with Gasteiger partial charge < -0.3 is 4.74 Å². The Balaban J connectivity index is 1.72. The van der Waals surface area contributed by atoms with Crippen molar-refractivity contribution in [2.45, 2.75) is 33.2 Å². The van der Waals surface area contributed by atoms with Gasteiger partial charge >= 0.3 is 5.97 Å². The van der Waals surface area contributed by atoms with E-state index in [0.29, 0.717) is 37.5 Å². The Morgan fingerprint density at radius 3 is 2.55 bits per heavy atom. The molecule has 33 heavy (non-hydrogen) atoms. The summed E-state index contributed by atoms with van der Waals surface area (Å²) in [6.45, 7) is 8.18. The standard InChI is InChI=1S/C24H20N2O4S3/c1-5-25-21(28)19(33-23(25)31)17-15-10-13(30-22(29)16-7-6-8-32-16)9-14-12(2)11-24(3,4)26(18(14)15)20(17)27/h6-11H,5H2,1-4H3/b19-17-. The number of likely N-dealkylation sites (N-methyl/N-ethyl adjacent to an activating group) is 1. The number of thiophene rings is 1. The van der Waals surface area contributed by atoms with Crippen LogP contribution < -0.4 is 9.64 Å². The number of thiocarbonyl (C=S) groups is 1. The van der Waals surface area contributed by atoms with E-state index in [4.69, 9.17) is 17.0 Å². The van der Waals surface area contributed by atoms with Crippen LogP contribution in [0.2, 0.25) is 0 Å². The van der Waals surface area contributed by atoms with Crippen molar-refractivity contribution in [3.63, 3.8) is 0 Å². The summed E-state index contributed by atoms with van der Waals surface area (Å²) < 4.78 is 6.12. The SMILES string of the molecule is CCN1C(=O)/C(=C2/C(=O)N3c4c(cc(OC(=O)c5cccs5)cc42)C(C)=CC3(C)C)SC1=S. The number of carbonyl (C=O) groups excluding carboxylic acids is 3. The van der Waals surface area contributed by atoms with Gasteiger partial charge in [-0.3, -0.25) is 19.4 Å². The number of esters is 1. The van der Waals surface area contributed by atoms with Gasteiger partial charge in [0.2, 0.25) is 0 Å². The summed E-state index contributed by atoms with van der Waals surface area (Å²) >= 11 is 7.83. The third kappa shape index (κ3) is 3.29. The average molecular weight is 497 g/mol. The molecule has 1 aromatic carbocycles. The Kier molecular flexibility index (Phi) is 5.11. The third-order valence-electron chi connectivity index (χ3n) is 5.89. The smallest absolute Gasteiger partial charge is 0.353 e. The molecular weight excluding hydrogens is 476 g/mol. The molecule has 4 heterocycles. The quantitative estimate of drug-likeness (QED) is 0.255. The molecule has 2 aromatic rings. The number of hydrogen-bond acceptors (Lipinski definition) is 7. The van der Waals surface area contributed by atoms with Gasteiger partial charge in [-0.25, -0.2) is 4.79 Å². The van der Waals surface area contributed by atoms with Crippen molar-refractivity contribution in [3.05, 3.63) is 56.6 Å². The van der Waals surface area contributed by atoms with Gasteiger partial charge in [0.15, 0.2) is 0 Å². The van der Waals surface area contributed by atoms with Crippen LogP contribution in [0.4, 0.5) is 5.69 Å². The highest BCUT2D eigenvalue weighted by atomic mass is 32.2. The van der Waals surface area contributed by atoms with Gasteiger partial charge in [-0.15, -0.1) is 11.3 Å². The number of nitrogens with zero attached hydrogens (tertiary/aromatic N) is 2. The van der Waals surface area contributed by atoms with Crippen LogP contribution in [0.1, 0.15) is 48.5 Å². The van der Waals surface area contributed by atoms with Crippen molar-refractivity contribution in [1.82, 2.24) is 4.90 Å². The number of benzene rings is 1. The van der Waals surface area contributed by atoms with Gasteiger partial charge in [-0.1, -0.05) is 36.1 Å². The van der Waals surface area contributed by atoms with Crippen molar-refractivity contribution in [3.8, 4) is 5.75 Å². The molecule has 9 heteroatoms. The number of thioether (sulfide) groups is 1. The molecule has 1 aromatic heterocycles. The van der Waals surface area contributed by atoms with E-state index < -0.39 is 11.5 Å². The summed E-state index contributed by atoms with van der Waals surface area (Å²) in [6, 6.07) is 6.95. The van der Waals surface area contributed by atoms with Crippen LogP contribution in [-0.4, -0.2) is 39.1 Å². The maximum atomic E-state index is 13.8. The molecule has 0 spiro atoms. The molecule has 0 atom stereocenters. The van der Waals surface area contributed by atoms with Crippen molar-refractivity contribution in [2.24, 2.45) is 0 Å². The summed E-state index contributed by atoms with van der Waals surface area (Å²) in [5.74, 6) is -0.658. The van der Waals surface area contributed by atoms with Crippen molar-refractivity contribution >= 4 is 74.3 Å². The van der Waals surface area contributed by atoms with Gasteiger partial charge in [0.05, 0.1) is 21.7 Å². The van der Waals surface area contributed by atoms with E-state index in [9.17, 15) is 14.4 Å². The van der Waals surface area contributed by atoms with Crippen LogP contribution in [0.3, 0.4) is 0 Å². The lowest BCUT2D eigenvalue weighted by Crippen LogP contribution is -2.46. The minimum Gasteiger partial charge on any atom is -0.422 e. The zero-order valence-corrected chi connectivity index (χ0v) is 20.9. The Bertz CT molecular complexity index is 1320. The number of anilines is 1. The molecule has 0 saturated carbocycles. The molecule has 168 valence electrons. The second-order valence-corrected chi connectivity index (χ2v) is 11.1. The fraction of sp³-hybridized carbons (Fsp3) is 0.250. The molecule has 0 aliphatic carbocycles. The van der Waals surface area contributed by atoms with Gasteiger partial charge in [-0.05, 0) is 56.8 Å². The zero-order valence-electron chi connectivity index (χ0n) is 18.4. The van der Waals surface area contributed by atoms with Crippen molar-refractivity contribution in [2.75, 3.05) is 11.4 Å². The second-order valence-electron chi connectivity index (χ2n) is 8.48. The maximum absolute atomic E-state index is 13.8. The number of amides is 2. The van der Waals surface area contributed by atoms with Gasteiger partial charge in [0, 0.05) is 17.7 Å². The number of ether oxygens (including phenoxy) is 1. The first-order valence-corrected chi connectivity index (χ1v) is 12.5. The Hall–Kier alpha value is -2.75. The van der Waals surface area contributed by atoms with E-state index >= 15 is 0 Å². The molecule has 1 saturated heterocycles. The zero-order chi connectivity index (χ0) is 23.7. The van der Waals surface area contributed by atoms with E-state index in [0.717, 1.165) is 28.6 Å². The van der Waals surface area contributed by atoms with E-state index in [-0.39, 0.29) is 11.8 Å². The molecular formula is C24H20N2O4S3. The molecule has 0 unspecified atom stereocenters. The molecule has 3 aliphatic rings. The Morgan fingerprint density at radius 1 is 1.18 bits per heavy atom. The fourth-order valence-corrected chi connectivity index (χ4v) is 6.60. The van der Waals surface area contributed by atoms with Crippen LogP contribution >= 0.6 is 35.3 Å². The summed E-state index contributed by atoms with van der Waals surface area (Å²) in [5, 5.41) is 1.81. The van der Waals surface area contributed by atoms with Gasteiger partial charge in [0.1, 0.15) is 14.9 Å².